The van der Waals surface area contributed by atoms with E-state index in [1.54, 1.807) is 14.0 Å². The van der Waals surface area contributed by atoms with E-state index in [1.807, 2.05) is 0 Å². The van der Waals surface area contributed by atoms with Crippen LogP contribution in [-0.2, 0) is 14.3 Å². The fraction of sp³-hybridized carbons (Fsp3) is 0.778. The summed E-state index contributed by atoms with van der Waals surface area (Å²) >= 11 is 0. The molecule has 0 atom stereocenters. The summed E-state index contributed by atoms with van der Waals surface area (Å²) in [6, 6.07) is 0. The van der Waals surface area contributed by atoms with Crippen LogP contribution in [0, 0.1) is 23.7 Å². The predicted octanol–water partition coefficient (Wildman–Crippen LogP) is 2.78. The molecular formula is C18H27NO3. The second-order valence-corrected chi connectivity index (χ2v) is 7.90. The first-order chi connectivity index (χ1) is 10.3. The average molecular weight is 305 g/mol. The third-order valence-corrected chi connectivity index (χ3v) is 6.17. The molecule has 4 aliphatic carbocycles. The molecule has 4 saturated carbocycles. The zero-order valence-electron chi connectivity index (χ0n) is 13.9. The Labute approximate surface area is 132 Å². The van der Waals surface area contributed by atoms with E-state index < -0.39 is 0 Å². The monoisotopic (exact) mass is 305 g/mol. The van der Waals surface area contributed by atoms with E-state index in [0.29, 0.717) is 17.4 Å². The molecule has 0 aliphatic heterocycles. The number of carbonyl (C=O) groups is 2. The van der Waals surface area contributed by atoms with Gasteiger partial charge in [-0.2, -0.15) is 0 Å². The Kier molecular flexibility index (Phi) is 3.82. The number of amides is 1. The molecule has 0 aromatic carbocycles. The van der Waals surface area contributed by atoms with E-state index in [-0.39, 0.29) is 24.0 Å². The summed E-state index contributed by atoms with van der Waals surface area (Å²) in [6.45, 7) is 7.42. The molecule has 0 N–H and O–H groups in total. The van der Waals surface area contributed by atoms with Gasteiger partial charge in [-0.25, -0.2) is 0 Å². The highest BCUT2D eigenvalue weighted by atomic mass is 16.6. The minimum absolute atomic E-state index is 0.00752. The lowest BCUT2D eigenvalue weighted by Gasteiger charge is -2.59. The van der Waals surface area contributed by atoms with Crippen molar-refractivity contribution in [1.29, 1.82) is 0 Å². The molecular weight excluding hydrogens is 278 g/mol. The van der Waals surface area contributed by atoms with Crippen LogP contribution < -0.4 is 0 Å². The third kappa shape index (κ3) is 2.57. The number of likely N-dealkylation sites (N-methyl/N-ethyl adjacent to an activating group) is 1. The fourth-order valence-corrected chi connectivity index (χ4v) is 5.16. The van der Waals surface area contributed by atoms with Gasteiger partial charge in [0.15, 0.2) is 0 Å². The molecule has 4 heteroatoms. The van der Waals surface area contributed by atoms with Crippen LogP contribution >= 0.6 is 0 Å². The predicted molar refractivity (Wildman–Crippen MR) is 84.0 cm³/mol. The average Bonchev–Trinajstić information content (AvgIpc) is 2.43. The number of ether oxygens (including phenoxy) is 1. The summed E-state index contributed by atoms with van der Waals surface area (Å²) < 4.78 is 5.95. The summed E-state index contributed by atoms with van der Waals surface area (Å²) in [5, 5.41) is 0. The van der Waals surface area contributed by atoms with Gasteiger partial charge in [0.1, 0.15) is 12.1 Å². The van der Waals surface area contributed by atoms with Crippen molar-refractivity contribution in [2.45, 2.75) is 51.6 Å². The molecule has 0 unspecified atom stereocenters. The van der Waals surface area contributed by atoms with E-state index in [0.717, 1.165) is 11.8 Å². The lowest BCUT2D eigenvalue weighted by Crippen LogP contribution is -2.58. The molecule has 0 aromatic heterocycles. The second-order valence-electron chi connectivity index (χ2n) is 7.90. The Morgan fingerprint density at radius 3 is 2.09 bits per heavy atom. The van der Waals surface area contributed by atoms with Crippen molar-refractivity contribution in [3.05, 3.63) is 12.2 Å². The second kappa shape index (κ2) is 5.39. The summed E-state index contributed by atoms with van der Waals surface area (Å²) in [6.07, 6.45) is 6.20. The molecule has 4 bridgehead atoms. The van der Waals surface area contributed by atoms with Gasteiger partial charge < -0.3 is 9.64 Å². The van der Waals surface area contributed by atoms with Gasteiger partial charge in [-0.1, -0.05) is 6.58 Å². The van der Waals surface area contributed by atoms with Crippen LogP contribution in [0.2, 0.25) is 0 Å². The number of hydrogen-bond acceptors (Lipinski definition) is 3. The molecule has 1 amide bonds. The number of carbonyl (C=O) groups excluding carboxylic acids is 2. The maximum absolute atomic E-state index is 12.3. The lowest BCUT2D eigenvalue weighted by atomic mass is 9.50. The molecule has 122 valence electrons. The first-order valence-corrected chi connectivity index (χ1v) is 8.42. The highest BCUT2D eigenvalue weighted by molar-refractivity contribution is 5.94. The maximum atomic E-state index is 12.3. The standard InChI is InChI=1S/C18H27NO3/c1-11(2)17(21)19(4)10-16(20)22-18(3)14-6-12-5-13(8-14)9-15(18)7-12/h12-15H,1,5-10H2,2-4H3. The Bertz CT molecular complexity index is 482. The van der Waals surface area contributed by atoms with E-state index in [1.165, 1.54) is 37.0 Å². The molecule has 0 aromatic rings. The van der Waals surface area contributed by atoms with Crippen molar-refractivity contribution >= 4 is 11.9 Å². The Hall–Kier alpha value is -1.32. The Balaban J connectivity index is 1.64. The highest BCUT2D eigenvalue weighted by Crippen LogP contribution is 2.59. The molecule has 0 radical (unpaired) electrons. The van der Waals surface area contributed by atoms with Crippen molar-refractivity contribution in [1.82, 2.24) is 4.90 Å². The smallest absolute Gasteiger partial charge is 0.326 e. The van der Waals surface area contributed by atoms with Crippen LogP contribution in [0.1, 0.15) is 46.0 Å². The number of nitrogens with zero attached hydrogens (tertiary/aromatic N) is 1. The van der Waals surface area contributed by atoms with Crippen LogP contribution in [0.15, 0.2) is 12.2 Å². The summed E-state index contributed by atoms with van der Waals surface area (Å²) in [7, 11) is 1.62. The van der Waals surface area contributed by atoms with Gasteiger partial charge in [0.25, 0.3) is 0 Å². The topological polar surface area (TPSA) is 46.6 Å². The van der Waals surface area contributed by atoms with Gasteiger partial charge in [0, 0.05) is 12.6 Å². The van der Waals surface area contributed by atoms with Crippen LogP contribution in [-0.4, -0.2) is 36.0 Å². The van der Waals surface area contributed by atoms with Gasteiger partial charge in [-0.15, -0.1) is 0 Å². The molecule has 0 spiro atoms. The van der Waals surface area contributed by atoms with E-state index in [9.17, 15) is 9.59 Å². The van der Waals surface area contributed by atoms with Crippen molar-refractivity contribution in [2.24, 2.45) is 23.7 Å². The van der Waals surface area contributed by atoms with Crippen LogP contribution in [0.4, 0.5) is 0 Å². The van der Waals surface area contributed by atoms with Gasteiger partial charge in [-0.05, 0) is 69.6 Å². The third-order valence-electron chi connectivity index (χ3n) is 6.17. The zero-order chi connectivity index (χ0) is 16.1. The SMILES string of the molecule is C=C(C)C(=O)N(C)CC(=O)OC1(C)C2CC3CC(C2)CC1C3. The molecule has 4 rings (SSSR count). The molecule has 4 fully saturated rings. The largest absolute Gasteiger partial charge is 0.457 e. The highest BCUT2D eigenvalue weighted by Gasteiger charge is 2.57. The van der Waals surface area contributed by atoms with Crippen molar-refractivity contribution in [3.8, 4) is 0 Å². The van der Waals surface area contributed by atoms with Crippen molar-refractivity contribution in [3.63, 3.8) is 0 Å². The maximum Gasteiger partial charge on any atom is 0.326 e. The molecule has 4 nitrogen and oxygen atoms in total. The van der Waals surface area contributed by atoms with E-state index in [2.05, 4.69) is 13.5 Å². The normalized spacial score (nSPS) is 38.7. The molecule has 22 heavy (non-hydrogen) atoms. The van der Waals surface area contributed by atoms with E-state index in [4.69, 9.17) is 4.74 Å². The number of hydrogen-bond donors (Lipinski definition) is 0. The lowest BCUT2D eigenvalue weighted by molar-refractivity contribution is -0.204. The van der Waals surface area contributed by atoms with Crippen LogP contribution in [0.3, 0.4) is 0 Å². The van der Waals surface area contributed by atoms with E-state index >= 15 is 0 Å². The number of rotatable bonds is 4. The molecule has 0 saturated heterocycles. The quantitative estimate of drug-likeness (QED) is 0.593. The summed E-state index contributed by atoms with van der Waals surface area (Å²) in [4.78, 5) is 25.5. The summed E-state index contributed by atoms with van der Waals surface area (Å²) in [5.74, 6) is 2.23. The summed E-state index contributed by atoms with van der Waals surface area (Å²) in [5.41, 5.74) is 0.119. The Morgan fingerprint density at radius 1 is 1.14 bits per heavy atom. The van der Waals surface area contributed by atoms with Gasteiger partial charge in [0.05, 0.1) is 0 Å². The first kappa shape index (κ1) is 15.6. The number of esters is 1. The van der Waals surface area contributed by atoms with Crippen LogP contribution in [0.25, 0.3) is 0 Å². The Morgan fingerprint density at radius 2 is 1.64 bits per heavy atom. The van der Waals surface area contributed by atoms with Gasteiger partial charge >= 0.3 is 5.97 Å². The van der Waals surface area contributed by atoms with Crippen molar-refractivity contribution in [2.75, 3.05) is 13.6 Å². The first-order valence-electron chi connectivity index (χ1n) is 8.42. The minimum Gasteiger partial charge on any atom is -0.457 e. The molecule has 0 heterocycles. The fourth-order valence-electron chi connectivity index (χ4n) is 5.16. The van der Waals surface area contributed by atoms with Crippen molar-refractivity contribution < 1.29 is 14.3 Å². The molecule has 4 aliphatic rings. The van der Waals surface area contributed by atoms with Gasteiger partial charge in [-0.3, -0.25) is 9.59 Å². The zero-order valence-corrected chi connectivity index (χ0v) is 13.9. The minimum atomic E-state index is -0.322. The van der Waals surface area contributed by atoms with Gasteiger partial charge in [0.2, 0.25) is 5.91 Å². The van der Waals surface area contributed by atoms with Crippen LogP contribution in [0.5, 0.6) is 0 Å².